The maximum atomic E-state index is 12.8. The largest absolute Gasteiger partial charge is 0.352 e. The van der Waals surface area contributed by atoms with Gasteiger partial charge in [0.05, 0.1) is 11.0 Å². The van der Waals surface area contributed by atoms with Crippen molar-refractivity contribution in [3.05, 3.63) is 30.1 Å². The van der Waals surface area contributed by atoms with Gasteiger partial charge >= 0.3 is 0 Å². The number of thioether (sulfide) groups is 1. The molecule has 2 rings (SSSR count). The first-order valence-electron chi connectivity index (χ1n) is 8.17. The summed E-state index contributed by atoms with van der Waals surface area (Å²) in [6.45, 7) is 1.79. The van der Waals surface area contributed by atoms with Crippen LogP contribution in [0.2, 0.25) is 0 Å². The SMILES string of the molecule is CC(SCC(=O)Nc1ccc(F)cc1)C(=O)NC1CCC(N)CC1. The van der Waals surface area contributed by atoms with Crippen molar-refractivity contribution < 1.29 is 14.0 Å². The lowest BCUT2D eigenvalue weighted by molar-refractivity contribution is -0.121. The molecule has 1 fully saturated rings. The number of carbonyl (C=O) groups is 2. The number of benzene rings is 1. The van der Waals surface area contributed by atoms with Crippen LogP contribution in [-0.4, -0.2) is 34.9 Å². The summed E-state index contributed by atoms with van der Waals surface area (Å²) in [5.74, 6) is -0.442. The fourth-order valence-corrected chi connectivity index (χ4v) is 3.28. The van der Waals surface area contributed by atoms with Crippen LogP contribution in [-0.2, 0) is 9.59 Å². The smallest absolute Gasteiger partial charge is 0.234 e. The zero-order valence-electron chi connectivity index (χ0n) is 13.8. The second-order valence-electron chi connectivity index (χ2n) is 6.13. The molecule has 0 radical (unpaired) electrons. The number of nitrogens with two attached hydrogens (primary N) is 1. The van der Waals surface area contributed by atoms with E-state index in [1.54, 1.807) is 6.92 Å². The number of halogens is 1. The van der Waals surface area contributed by atoms with E-state index in [4.69, 9.17) is 5.73 Å². The normalized spacial score (nSPS) is 21.8. The molecule has 132 valence electrons. The summed E-state index contributed by atoms with van der Waals surface area (Å²) in [6, 6.07) is 6.02. The van der Waals surface area contributed by atoms with Gasteiger partial charge in [0.2, 0.25) is 11.8 Å². The lowest BCUT2D eigenvalue weighted by Gasteiger charge is -2.27. The molecule has 4 N–H and O–H groups in total. The molecule has 0 aromatic heterocycles. The van der Waals surface area contributed by atoms with E-state index >= 15 is 0 Å². The molecular formula is C17H24FN3O2S. The molecule has 1 aromatic carbocycles. The monoisotopic (exact) mass is 353 g/mol. The summed E-state index contributed by atoms with van der Waals surface area (Å²) in [6.07, 6.45) is 3.70. The minimum Gasteiger partial charge on any atom is -0.352 e. The average molecular weight is 353 g/mol. The molecule has 1 aliphatic carbocycles. The second kappa shape index (κ2) is 9.03. The third-order valence-electron chi connectivity index (χ3n) is 4.08. The molecule has 1 aromatic rings. The first kappa shape index (κ1) is 18.7. The summed E-state index contributed by atoms with van der Waals surface area (Å²) in [7, 11) is 0. The van der Waals surface area contributed by atoms with Gasteiger partial charge < -0.3 is 16.4 Å². The fraction of sp³-hybridized carbons (Fsp3) is 0.529. The van der Waals surface area contributed by atoms with Crippen molar-refractivity contribution in [1.29, 1.82) is 0 Å². The highest BCUT2D eigenvalue weighted by molar-refractivity contribution is 8.01. The van der Waals surface area contributed by atoms with Crippen LogP contribution in [0, 0.1) is 5.82 Å². The van der Waals surface area contributed by atoms with Crippen LogP contribution in [0.4, 0.5) is 10.1 Å². The van der Waals surface area contributed by atoms with Gasteiger partial charge in [0, 0.05) is 17.8 Å². The Morgan fingerprint density at radius 2 is 1.88 bits per heavy atom. The lowest BCUT2D eigenvalue weighted by atomic mass is 9.92. The molecule has 7 heteroatoms. The first-order chi connectivity index (χ1) is 11.4. The molecule has 24 heavy (non-hydrogen) atoms. The van der Waals surface area contributed by atoms with Crippen molar-refractivity contribution in [2.45, 2.75) is 49.9 Å². The average Bonchev–Trinajstić information content (AvgIpc) is 2.57. The van der Waals surface area contributed by atoms with E-state index in [9.17, 15) is 14.0 Å². The fourth-order valence-electron chi connectivity index (χ4n) is 2.59. The van der Waals surface area contributed by atoms with Crippen LogP contribution in [0.5, 0.6) is 0 Å². The van der Waals surface area contributed by atoms with Gasteiger partial charge in [0.25, 0.3) is 0 Å². The Morgan fingerprint density at radius 1 is 1.25 bits per heavy atom. The number of carbonyl (C=O) groups excluding carboxylic acids is 2. The number of amides is 2. The van der Waals surface area contributed by atoms with E-state index in [1.165, 1.54) is 36.0 Å². The summed E-state index contributed by atoms with van der Waals surface area (Å²) in [5, 5.41) is 5.40. The first-order valence-corrected chi connectivity index (χ1v) is 9.22. The third-order valence-corrected chi connectivity index (χ3v) is 5.22. The van der Waals surface area contributed by atoms with Crippen molar-refractivity contribution in [1.82, 2.24) is 5.32 Å². The van der Waals surface area contributed by atoms with E-state index < -0.39 is 0 Å². The van der Waals surface area contributed by atoms with Gasteiger partial charge in [-0.2, -0.15) is 0 Å². The Hall–Kier alpha value is -1.60. The Labute approximate surface area is 145 Å². The molecule has 5 nitrogen and oxygen atoms in total. The Morgan fingerprint density at radius 3 is 2.50 bits per heavy atom. The van der Waals surface area contributed by atoms with Gasteiger partial charge in [0.15, 0.2) is 0 Å². The van der Waals surface area contributed by atoms with Crippen LogP contribution < -0.4 is 16.4 Å². The molecule has 1 aliphatic rings. The van der Waals surface area contributed by atoms with Crippen molar-refractivity contribution in [3.8, 4) is 0 Å². The maximum absolute atomic E-state index is 12.8. The van der Waals surface area contributed by atoms with Gasteiger partial charge in [-0.15, -0.1) is 11.8 Å². The standard InChI is InChI=1S/C17H24FN3O2S/c1-11(17(23)21-15-8-4-13(19)5-9-15)24-10-16(22)20-14-6-2-12(18)3-7-14/h2-3,6-7,11,13,15H,4-5,8-10,19H2,1H3,(H,20,22)(H,21,23). The Balaban J connectivity index is 1.69. The van der Waals surface area contributed by atoms with Gasteiger partial charge in [-0.3, -0.25) is 9.59 Å². The van der Waals surface area contributed by atoms with Crippen molar-refractivity contribution >= 4 is 29.3 Å². The Bertz CT molecular complexity index is 559. The third kappa shape index (κ3) is 6.13. The molecule has 0 spiro atoms. The van der Waals surface area contributed by atoms with E-state index in [2.05, 4.69) is 10.6 Å². The lowest BCUT2D eigenvalue weighted by Crippen LogP contribution is -2.43. The van der Waals surface area contributed by atoms with Crippen LogP contribution in [0.15, 0.2) is 24.3 Å². The zero-order valence-corrected chi connectivity index (χ0v) is 14.6. The molecule has 0 aliphatic heterocycles. The van der Waals surface area contributed by atoms with E-state index in [0.29, 0.717) is 5.69 Å². The van der Waals surface area contributed by atoms with Crippen LogP contribution in [0.3, 0.4) is 0 Å². The molecule has 1 saturated carbocycles. The summed E-state index contributed by atoms with van der Waals surface area (Å²) < 4.78 is 12.8. The van der Waals surface area contributed by atoms with Gasteiger partial charge in [0.1, 0.15) is 5.82 Å². The van der Waals surface area contributed by atoms with E-state index in [1.807, 2.05) is 0 Å². The summed E-state index contributed by atoms with van der Waals surface area (Å²) >= 11 is 1.28. The number of hydrogen-bond acceptors (Lipinski definition) is 4. The highest BCUT2D eigenvalue weighted by Gasteiger charge is 2.23. The van der Waals surface area contributed by atoms with Crippen LogP contribution in [0.1, 0.15) is 32.6 Å². The number of hydrogen-bond donors (Lipinski definition) is 3. The van der Waals surface area contributed by atoms with Gasteiger partial charge in [-0.25, -0.2) is 4.39 Å². The van der Waals surface area contributed by atoms with Crippen molar-refractivity contribution in [2.24, 2.45) is 5.73 Å². The second-order valence-corrected chi connectivity index (χ2v) is 7.46. The summed E-state index contributed by atoms with van der Waals surface area (Å²) in [5.41, 5.74) is 6.40. The molecule has 0 bridgehead atoms. The minimum absolute atomic E-state index is 0.0462. The Kier molecular flexibility index (Phi) is 7.05. The molecule has 2 amide bonds. The van der Waals surface area contributed by atoms with Crippen molar-refractivity contribution in [3.63, 3.8) is 0 Å². The topological polar surface area (TPSA) is 84.2 Å². The molecule has 1 atom stereocenters. The molecule has 1 unspecified atom stereocenters. The predicted octanol–water partition coefficient (Wildman–Crippen LogP) is 2.27. The minimum atomic E-state index is -0.351. The van der Waals surface area contributed by atoms with Crippen LogP contribution >= 0.6 is 11.8 Å². The molecule has 0 saturated heterocycles. The van der Waals surface area contributed by atoms with Crippen LogP contribution in [0.25, 0.3) is 0 Å². The number of anilines is 1. The highest BCUT2D eigenvalue weighted by Crippen LogP contribution is 2.18. The zero-order chi connectivity index (χ0) is 17.5. The predicted molar refractivity (Wildman–Crippen MR) is 95.3 cm³/mol. The van der Waals surface area contributed by atoms with E-state index in [-0.39, 0.29) is 40.7 Å². The quantitative estimate of drug-likeness (QED) is 0.732. The highest BCUT2D eigenvalue weighted by atomic mass is 32.2. The summed E-state index contributed by atoms with van der Waals surface area (Å²) in [4.78, 5) is 24.0. The molecule has 0 heterocycles. The van der Waals surface area contributed by atoms with Crippen molar-refractivity contribution in [2.75, 3.05) is 11.1 Å². The molecular weight excluding hydrogens is 329 g/mol. The van der Waals surface area contributed by atoms with Gasteiger partial charge in [-0.05, 0) is 56.9 Å². The maximum Gasteiger partial charge on any atom is 0.234 e. The van der Waals surface area contributed by atoms with Gasteiger partial charge in [-0.1, -0.05) is 0 Å². The number of nitrogens with one attached hydrogen (secondary N) is 2. The number of rotatable bonds is 6. The van der Waals surface area contributed by atoms with E-state index in [0.717, 1.165) is 25.7 Å².